The van der Waals surface area contributed by atoms with Gasteiger partial charge in [0.2, 0.25) is 0 Å². The summed E-state index contributed by atoms with van der Waals surface area (Å²) in [5, 5.41) is 15.2. The van der Waals surface area contributed by atoms with Gasteiger partial charge in [-0.2, -0.15) is 10.4 Å². The Morgan fingerprint density at radius 1 is 1.64 bits per heavy atom. The van der Waals surface area contributed by atoms with Crippen LogP contribution in [-0.2, 0) is 6.54 Å². The zero-order valence-corrected chi connectivity index (χ0v) is 8.58. The summed E-state index contributed by atoms with van der Waals surface area (Å²) in [5.74, 6) is 0. The van der Waals surface area contributed by atoms with E-state index in [1.807, 2.05) is 30.5 Å². The number of hydrogen-bond acceptors (Lipinski definition) is 3. The molecular weight excluding hydrogens is 194 g/mol. The second kappa shape index (κ2) is 3.64. The first-order valence-corrected chi connectivity index (χ1v) is 5.25. The van der Waals surface area contributed by atoms with E-state index in [1.54, 1.807) is 16.0 Å². The van der Waals surface area contributed by atoms with Gasteiger partial charge < -0.3 is 0 Å². The highest BCUT2D eigenvalue weighted by Crippen LogP contribution is 2.23. The topological polar surface area (TPSA) is 41.6 Å². The van der Waals surface area contributed by atoms with Gasteiger partial charge >= 0.3 is 0 Å². The van der Waals surface area contributed by atoms with Crippen molar-refractivity contribution >= 4 is 11.3 Å². The molecule has 2 aromatic rings. The second-order valence-electron chi connectivity index (χ2n) is 2.82. The summed E-state index contributed by atoms with van der Waals surface area (Å²) in [6, 6.07) is 7.95. The van der Waals surface area contributed by atoms with Crippen LogP contribution in [0.1, 0.15) is 12.6 Å². The number of hydrogen-bond donors (Lipinski definition) is 0. The second-order valence-corrected chi connectivity index (χ2v) is 3.77. The third kappa shape index (κ3) is 1.42. The van der Waals surface area contributed by atoms with E-state index in [2.05, 4.69) is 11.2 Å². The molecule has 0 aliphatic rings. The summed E-state index contributed by atoms with van der Waals surface area (Å²) in [4.78, 5) is 1.11. The molecule has 0 spiro atoms. The van der Waals surface area contributed by atoms with E-state index in [4.69, 9.17) is 5.26 Å². The maximum absolute atomic E-state index is 8.85. The van der Waals surface area contributed by atoms with E-state index in [0.717, 1.165) is 17.1 Å². The van der Waals surface area contributed by atoms with Crippen LogP contribution in [0.4, 0.5) is 0 Å². The number of aromatic nitrogens is 2. The number of aryl methyl sites for hydroxylation is 1. The summed E-state index contributed by atoms with van der Waals surface area (Å²) >= 11 is 1.63. The molecule has 2 heterocycles. The maximum atomic E-state index is 8.85. The highest BCUT2D eigenvalue weighted by Gasteiger charge is 2.07. The van der Waals surface area contributed by atoms with Crippen LogP contribution < -0.4 is 0 Å². The Morgan fingerprint density at radius 2 is 2.50 bits per heavy atom. The van der Waals surface area contributed by atoms with Gasteiger partial charge in [0.1, 0.15) is 17.5 Å². The molecule has 0 bridgehead atoms. The lowest BCUT2D eigenvalue weighted by Crippen LogP contribution is -1.98. The molecule has 2 rings (SSSR count). The first kappa shape index (κ1) is 8.97. The van der Waals surface area contributed by atoms with E-state index in [9.17, 15) is 0 Å². The Hall–Kier alpha value is -1.60. The van der Waals surface area contributed by atoms with Gasteiger partial charge in [-0.05, 0) is 18.4 Å². The van der Waals surface area contributed by atoms with Crippen LogP contribution in [0.5, 0.6) is 0 Å². The molecule has 0 N–H and O–H groups in total. The molecule has 0 amide bonds. The zero-order chi connectivity index (χ0) is 9.97. The van der Waals surface area contributed by atoms with Gasteiger partial charge in [0.25, 0.3) is 0 Å². The van der Waals surface area contributed by atoms with Crippen LogP contribution in [0, 0.1) is 11.3 Å². The van der Waals surface area contributed by atoms with Crippen LogP contribution in [0.2, 0.25) is 0 Å². The van der Waals surface area contributed by atoms with E-state index in [-0.39, 0.29) is 0 Å². The van der Waals surface area contributed by atoms with Crippen molar-refractivity contribution in [3.05, 3.63) is 29.3 Å². The Kier molecular flexibility index (Phi) is 2.33. The molecule has 0 saturated carbocycles. The highest BCUT2D eigenvalue weighted by molar-refractivity contribution is 7.13. The maximum Gasteiger partial charge on any atom is 0.139 e. The summed E-state index contributed by atoms with van der Waals surface area (Å²) in [7, 11) is 0. The van der Waals surface area contributed by atoms with Gasteiger partial charge in [-0.3, -0.25) is 4.68 Å². The fraction of sp³-hybridized carbons (Fsp3) is 0.200. The number of nitriles is 1. The molecule has 0 radical (unpaired) electrons. The first-order chi connectivity index (χ1) is 6.85. The van der Waals surface area contributed by atoms with E-state index >= 15 is 0 Å². The summed E-state index contributed by atoms with van der Waals surface area (Å²) in [5.41, 5.74) is 1.51. The Labute approximate surface area is 86.2 Å². The lowest BCUT2D eigenvalue weighted by atomic mass is 10.3. The van der Waals surface area contributed by atoms with Gasteiger partial charge in [-0.1, -0.05) is 6.07 Å². The fourth-order valence-corrected chi connectivity index (χ4v) is 1.97. The average Bonchev–Trinajstić information content (AvgIpc) is 2.85. The van der Waals surface area contributed by atoms with Gasteiger partial charge in [-0.25, -0.2) is 0 Å². The minimum Gasteiger partial charge on any atom is -0.254 e. The van der Waals surface area contributed by atoms with Crippen LogP contribution >= 0.6 is 11.3 Å². The van der Waals surface area contributed by atoms with Crippen molar-refractivity contribution in [1.29, 1.82) is 5.26 Å². The molecule has 0 aliphatic carbocycles. The number of thiophene rings is 1. The molecule has 0 atom stereocenters. The summed E-state index contributed by atoms with van der Waals surface area (Å²) in [6.45, 7) is 2.71. The van der Waals surface area contributed by atoms with Crippen molar-refractivity contribution in [1.82, 2.24) is 9.78 Å². The van der Waals surface area contributed by atoms with E-state index in [1.165, 1.54) is 0 Å². The summed E-state index contributed by atoms with van der Waals surface area (Å²) in [6.07, 6.45) is 0. The quantitative estimate of drug-likeness (QED) is 0.752. The standard InChI is InChI=1S/C10H9N3S/c1-2-13-8(7-11)6-9(12-13)10-4-3-5-14-10/h3-6H,2H2,1H3. The molecule has 4 heteroatoms. The third-order valence-corrected chi connectivity index (χ3v) is 2.86. The minimum atomic E-state index is 0.621. The fourth-order valence-electron chi connectivity index (χ4n) is 1.29. The Morgan fingerprint density at radius 3 is 3.00 bits per heavy atom. The zero-order valence-electron chi connectivity index (χ0n) is 7.77. The van der Waals surface area contributed by atoms with Crippen LogP contribution in [0.25, 0.3) is 10.6 Å². The number of nitrogens with zero attached hydrogens (tertiary/aromatic N) is 3. The third-order valence-electron chi connectivity index (χ3n) is 1.97. The van der Waals surface area contributed by atoms with Gasteiger partial charge in [0.05, 0.1) is 4.88 Å². The lowest BCUT2D eigenvalue weighted by Gasteiger charge is -1.94. The molecular formula is C10H9N3S. The van der Waals surface area contributed by atoms with Gasteiger partial charge in [0.15, 0.2) is 0 Å². The molecule has 0 unspecified atom stereocenters. The molecule has 3 nitrogen and oxygen atoms in total. The molecule has 70 valence electrons. The van der Waals surface area contributed by atoms with Crippen LogP contribution in [0.3, 0.4) is 0 Å². The first-order valence-electron chi connectivity index (χ1n) is 4.37. The van der Waals surface area contributed by atoms with Gasteiger partial charge in [0, 0.05) is 12.6 Å². The van der Waals surface area contributed by atoms with E-state index in [0.29, 0.717) is 5.69 Å². The van der Waals surface area contributed by atoms with E-state index < -0.39 is 0 Å². The van der Waals surface area contributed by atoms with Crippen LogP contribution in [-0.4, -0.2) is 9.78 Å². The van der Waals surface area contributed by atoms with Crippen molar-refractivity contribution in [2.75, 3.05) is 0 Å². The molecule has 14 heavy (non-hydrogen) atoms. The normalized spacial score (nSPS) is 10.0. The van der Waals surface area contributed by atoms with Crippen molar-refractivity contribution in [3.8, 4) is 16.6 Å². The van der Waals surface area contributed by atoms with Crippen molar-refractivity contribution in [2.45, 2.75) is 13.5 Å². The van der Waals surface area contributed by atoms with Crippen molar-refractivity contribution in [3.63, 3.8) is 0 Å². The monoisotopic (exact) mass is 203 g/mol. The largest absolute Gasteiger partial charge is 0.254 e. The molecule has 2 aromatic heterocycles. The lowest BCUT2D eigenvalue weighted by molar-refractivity contribution is 0.653. The molecule has 0 saturated heterocycles. The molecule has 0 aliphatic heterocycles. The van der Waals surface area contributed by atoms with Crippen molar-refractivity contribution in [2.24, 2.45) is 0 Å². The highest BCUT2D eigenvalue weighted by atomic mass is 32.1. The SMILES string of the molecule is CCn1nc(-c2cccs2)cc1C#N. The molecule has 0 aromatic carbocycles. The Bertz CT molecular complexity index is 462. The average molecular weight is 203 g/mol. The summed E-state index contributed by atoms with van der Waals surface area (Å²) < 4.78 is 1.72. The van der Waals surface area contributed by atoms with Gasteiger partial charge in [-0.15, -0.1) is 11.3 Å². The van der Waals surface area contributed by atoms with Crippen LogP contribution in [0.15, 0.2) is 23.6 Å². The molecule has 0 fully saturated rings. The predicted octanol–water partition coefficient (Wildman–Crippen LogP) is 2.50. The predicted molar refractivity (Wildman–Crippen MR) is 55.9 cm³/mol. The minimum absolute atomic E-state index is 0.621. The van der Waals surface area contributed by atoms with Crippen molar-refractivity contribution < 1.29 is 0 Å². The number of rotatable bonds is 2. The Balaban J connectivity index is 2.48. The smallest absolute Gasteiger partial charge is 0.139 e.